The molecule has 0 bridgehead atoms. The third-order valence-electron chi connectivity index (χ3n) is 4.03. The van der Waals surface area contributed by atoms with Crippen LogP contribution in [0.3, 0.4) is 0 Å². The van der Waals surface area contributed by atoms with Gasteiger partial charge >= 0.3 is 0 Å². The van der Waals surface area contributed by atoms with Gasteiger partial charge in [0.2, 0.25) is 0 Å². The molecule has 0 aliphatic carbocycles. The van der Waals surface area contributed by atoms with Crippen LogP contribution in [0.25, 0.3) is 0 Å². The van der Waals surface area contributed by atoms with Gasteiger partial charge in [-0.2, -0.15) is 11.8 Å². The van der Waals surface area contributed by atoms with Crippen LogP contribution in [0.5, 0.6) is 0 Å². The molecule has 21 heavy (non-hydrogen) atoms. The van der Waals surface area contributed by atoms with Crippen molar-refractivity contribution in [2.24, 2.45) is 5.92 Å². The summed E-state index contributed by atoms with van der Waals surface area (Å²) in [6, 6.07) is 9.51. The first kappa shape index (κ1) is 16.7. The Morgan fingerprint density at radius 3 is 2.90 bits per heavy atom. The number of rotatable bonds is 7. The van der Waals surface area contributed by atoms with Crippen LogP contribution in [0.4, 0.5) is 5.69 Å². The third-order valence-corrected chi connectivity index (χ3v) is 5.02. The molecular weight excluding hydrogens is 276 g/mol. The second-order valence-corrected chi connectivity index (χ2v) is 7.73. The van der Waals surface area contributed by atoms with Crippen LogP contribution in [0.1, 0.15) is 39.2 Å². The summed E-state index contributed by atoms with van der Waals surface area (Å²) in [6.07, 6.45) is 2.54. The molecule has 1 aliphatic heterocycles. The Labute approximate surface area is 134 Å². The lowest BCUT2D eigenvalue weighted by atomic mass is 10.0. The van der Waals surface area contributed by atoms with Gasteiger partial charge in [0.1, 0.15) is 0 Å². The number of thioether (sulfide) groups is 1. The van der Waals surface area contributed by atoms with Gasteiger partial charge in [-0.3, -0.25) is 0 Å². The van der Waals surface area contributed by atoms with E-state index in [1.165, 1.54) is 42.1 Å². The van der Waals surface area contributed by atoms with E-state index in [1.54, 1.807) is 0 Å². The van der Waals surface area contributed by atoms with Crippen LogP contribution in [-0.4, -0.2) is 30.6 Å². The minimum atomic E-state index is 0.608. The van der Waals surface area contributed by atoms with E-state index in [2.05, 4.69) is 67.0 Å². The van der Waals surface area contributed by atoms with Crippen molar-refractivity contribution in [3.63, 3.8) is 0 Å². The molecule has 1 aromatic carbocycles. The predicted octanol–water partition coefficient (Wildman–Crippen LogP) is 4.15. The van der Waals surface area contributed by atoms with E-state index in [0.29, 0.717) is 6.04 Å². The van der Waals surface area contributed by atoms with Gasteiger partial charge in [0.25, 0.3) is 0 Å². The summed E-state index contributed by atoms with van der Waals surface area (Å²) in [5.41, 5.74) is 2.89. The summed E-state index contributed by atoms with van der Waals surface area (Å²) < 4.78 is 0. The minimum absolute atomic E-state index is 0.608. The molecular formula is C18H30N2S. The van der Waals surface area contributed by atoms with Crippen LogP contribution in [0.15, 0.2) is 24.3 Å². The normalized spacial score (nSPS) is 18.7. The predicted molar refractivity (Wildman–Crippen MR) is 96.4 cm³/mol. The van der Waals surface area contributed by atoms with E-state index in [1.807, 2.05) is 0 Å². The van der Waals surface area contributed by atoms with Gasteiger partial charge < -0.3 is 10.2 Å². The number of fused-ring (bicyclic) bond motifs is 1. The minimum Gasteiger partial charge on any atom is -0.370 e. The lowest BCUT2D eigenvalue weighted by Crippen LogP contribution is -2.39. The standard InChI is InChI=1S/C18H30N2S/c1-4-21-11-7-10-20-14-17(12-15(2)3)19-13-16-8-5-6-9-18(16)20/h5-6,8-9,15,17,19H,4,7,10-14H2,1-3H3. The Morgan fingerprint density at radius 1 is 1.33 bits per heavy atom. The Hall–Kier alpha value is -0.670. The van der Waals surface area contributed by atoms with Crippen molar-refractivity contribution < 1.29 is 0 Å². The molecule has 0 amide bonds. The lowest BCUT2D eigenvalue weighted by Gasteiger charge is -2.28. The van der Waals surface area contributed by atoms with E-state index in [9.17, 15) is 0 Å². The fraction of sp³-hybridized carbons (Fsp3) is 0.667. The molecule has 0 radical (unpaired) electrons. The van der Waals surface area contributed by atoms with Gasteiger partial charge in [-0.25, -0.2) is 0 Å². The highest BCUT2D eigenvalue weighted by Crippen LogP contribution is 2.25. The van der Waals surface area contributed by atoms with Gasteiger partial charge in [0.15, 0.2) is 0 Å². The van der Waals surface area contributed by atoms with Crippen LogP contribution in [0, 0.1) is 5.92 Å². The summed E-state index contributed by atoms with van der Waals surface area (Å²) in [5, 5.41) is 3.75. The summed E-state index contributed by atoms with van der Waals surface area (Å²) in [7, 11) is 0. The summed E-state index contributed by atoms with van der Waals surface area (Å²) in [6.45, 7) is 10.2. The molecule has 1 heterocycles. The highest BCUT2D eigenvalue weighted by Gasteiger charge is 2.21. The topological polar surface area (TPSA) is 15.3 Å². The number of benzene rings is 1. The van der Waals surface area contributed by atoms with Crippen molar-refractivity contribution in [2.75, 3.05) is 29.5 Å². The second-order valence-electron chi connectivity index (χ2n) is 6.33. The van der Waals surface area contributed by atoms with Crippen molar-refractivity contribution in [2.45, 2.75) is 46.2 Å². The molecule has 2 nitrogen and oxygen atoms in total. The monoisotopic (exact) mass is 306 g/mol. The van der Waals surface area contributed by atoms with E-state index in [0.717, 1.165) is 19.0 Å². The molecule has 1 aliphatic rings. The lowest BCUT2D eigenvalue weighted by molar-refractivity contribution is 0.422. The van der Waals surface area contributed by atoms with Crippen molar-refractivity contribution in [1.29, 1.82) is 0 Å². The van der Waals surface area contributed by atoms with Crippen molar-refractivity contribution in [3.05, 3.63) is 29.8 Å². The van der Waals surface area contributed by atoms with Crippen molar-refractivity contribution in [3.8, 4) is 0 Å². The van der Waals surface area contributed by atoms with Crippen LogP contribution in [-0.2, 0) is 6.54 Å². The molecule has 0 saturated heterocycles. The number of anilines is 1. The Morgan fingerprint density at radius 2 is 2.14 bits per heavy atom. The van der Waals surface area contributed by atoms with E-state index >= 15 is 0 Å². The number of para-hydroxylation sites is 1. The van der Waals surface area contributed by atoms with Gasteiger partial charge in [-0.05, 0) is 41.9 Å². The molecule has 1 unspecified atom stereocenters. The summed E-state index contributed by atoms with van der Waals surface area (Å²) in [5.74, 6) is 3.26. The van der Waals surface area contributed by atoms with Crippen LogP contribution < -0.4 is 10.2 Å². The molecule has 0 spiro atoms. The summed E-state index contributed by atoms with van der Waals surface area (Å²) in [4.78, 5) is 2.61. The Balaban J connectivity index is 2.04. The molecule has 0 aromatic heterocycles. The highest BCUT2D eigenvalue weighted by atomic mass is 32.2. The van der Waals surface area contributed by atoms with Crippen molar-refractivity contribution >= 4 is 17.4 Å². The Bertz CT molecular complexity index is 419. The number of hydrogen-bond donors (Lipinski definition) is 1. The quantitative estimate of drug-likeness (QED) is 0.762. The molecule has 0 fully saturated rings. The zero-order chi connectivity index (χ0) is 15.1. The highest BCUT2D eigenvalue weighted by molar-refractivity contribution is 7.99. The first-order chi connectivity index (χ1) is 10.2. The molecule has 3 heteroatoms. The van der Waals surface area contributed by atoms with Gasteiger partial charge in [0, 0.05) is 31.4 Å². The van der Waals surface area contributed by atoms with Crippen LogP contribution >= 0.6 is 11.8 Å². The zero-order valence-corrected chi connectivity index (χ0v) is 14.6. The fourth-order valence-electron chi connectivity index (χ4n) is 3.09. The van der Waals surface area contributed by atoms with E-state index < -0.39 is 0 Å². The summed E-state index contributed by atoms with van der Waals surface area (Å²) >= 11 is 2.05. The second kappa shape index (κ2) is 8.70. The maximum absolute atomic E-state index is 3.75. The van der Waals surface area contributed by atoms with Gasteiger partial charge in [0.05, 0.1) is 0 Å². The zero-order valence-electron chi connectivity index (χ0n) is 13.8. The largest absolute Gasteiger partial charge is 0.370 e. The van der Waals surface area contributed by atoms with E-state index in [-0.39, 0.29) is 0 Å². The number of nitrogens with zero attached hydrogens (tertiary/aromatic N) is 1. The molecule has 118 valence electrons. The maximum atomic E-state index is 3.75. The van der Waals surface area contributed by atoms with Gasteiger partial charge in [-0.15, -0.1) is 0 Å². The first-order valence-electron chi connectivity index (χ1n) is 8.34. The average molecular weight is 307 g/mol. The molecule has 0 saturated carbocycles. The first-order valence-corrected chi connectivity index (χ1v) is 9.50. The number of hydrogen-bond acceptors (Lipinski definition) is 3. The smallest absolute Gasteiger partial charge is 0.0412 e. The third kappa shape index (κ3) is 5.23. The molecule has 1 aromatic rings. The number of nitrogens with one attached hydrogen (secondary N) is 1. The van der Waals surface area contributed by atoms with E-state index in [4.69, 9.17) is 0 Å². The fourth-order valence-corrected chi connectivity index (χ4v) is 3.71. The van der Waals surface area contributed by atoms with Crippen LogP contribution in [0.2, 0.25) is 0 Å². The molecule has 1 atom stereocenters. The van der Waals surface area contributed by atoms with Gasteiger partial charge in [-0.1, -0.05) is 39.0 Å². The Kier molecular flexibility index (Phi) is 6.91. The molecule has 2 rings (SSSR count). The maximum Gasteiger partial charge on any atom is 0.0412 e. The SMILES string of the molecule is CCSCCCN1CC(CC(C)C)NCc2ccccc21. The van der Waals surface area contributed by atoms with Crippen molar-refractivity contribution in [1.82, 2.24) is 5.32 Å². The average Bonchev–Trinajstić information content (AvgIpc) is 2.63. The molecule has 1 N–H and O–H groups in total.